The molecule has 26 heteroatoms. The van der Waals surface area contributed by atoms with E-state index in [1.807, 2.05) is 18.0 Å². The van der Waals surface area contributed by atoms with E-state index in [0.717, 1.165) is 63.8 Å². The Labute approximate surface area is 500 Å². The predicted octanol–water partition coefficient (Wildman–Crippen LogP) is 3.71. The van der Waals surface area contributed by atoms with E-state index in [2.05, 4.69) is 54.3 Å². The Balaban J connectivity index is 0.000000377. The second-order valence-corrected chi connectivity index (χ2v) is 19.2. The van der Waals surface area contributed by atoms with Gasteiger partial charge in [0.1, 0.15) is 56.8 Å². The van der Waals surface area contributed by atoms with E-state index in [1.54, 1.807) is 32.3 Å². The largest absolute Gasteiger partial charge is 1.00 e. The van der Waals surface area contributed by atoms with E-state index in [9.17, 15) is 37.8 Å². The van der Waals surface area contributed by atoms with Gasteiger partial charge in [-0.1, -0.05) is 19.0 Å². The number of hydrogen-bond donors (Lipinski definition) is 5. The van der Waals surface area contributed by atoms with Gasteiger partial charge in [0.2, 0.25) is 0 Å². The molecule has 4 aromatic heterocycles. The molecule has 3 saturated heterocycles. The zero-order chi connectivity index (χ0) is 56.5. The Morgan fingerprint density at radius 1 is 0.741 bits per heavy atom. The number of carbonyl (C=O) groups is 3. The van der Waals surface area contributed by atoms with Crippen molar-refractivity contribution in [2.24, 2.45) is 5.73 Å². The number of rotatable bonds is 12. The van der Waals surface area contributed by atoms with E-state index in [4.69, 9.17) is 31.9 Å². The van der Waals surface area contributed by atoms with Crippen LogP contribution in [0.1, 0.15) is 84.2 Å². The first-order valence-electron chi connectivity index (χ1n) is 25.2. The number of aldehydes is 1. The van der Waals surface area contributed by atoms with Gasteiger partial charge in [0, 0.05) is 82.8 Å². The fourth-order valence-electron chi connectivity index (χ4n) is 8.64. The quantitative estimate of drug-likeness (QED) is 0.0507. The van der Waals surface area contributed by atoms with Crippen LogP contribution >= 0.6 is 11.6 Å². The Bertz CT molecular complexity index is 3130. The van der Waals surface area contributed by atoms with Crippen molar-refractivity contribution in [3.05, 3.63) is 142 Å². The summed E-state index contributed by atoms with van der Waals surface area (Å²) in [7, 11) is 6.23. The maximum atomic E-state index is 13.8. The number of phenolic OH excluding ortho intramolecular Hbond substituents is 3. The number of phenols is 3. The zero-order valence-corrected chi connectivity index (χ0v) is 48.4. The SMILES string of the molecule is C.CCOC(=O)c1cnn2ccc(Cl)nc12.CCOC(=O)c1cnn2ccc(N(Cc3cc(F)ccc3O)C3CCN(C)C3)nc12.CN1CCC(N)C1.CN1CCC(NCc2cc(F)ccc2O)C1.O=Cc1cc(F)ccc1O.[B].[H-].[Na+]. The van der Waals surface area contributed by atoms with Gasteiger partial charge in [-0.3, -0.25) is 4.79 Å². The van der Waals surface area contributed by atoms with Crippen LogP contribution in [-0.4, -0.2) is 178 Å². The second-order valence-electron chi connectivity index (χ2n) is 18.8. The predicted molar refractivity (Wildman–Crippen MR) is 301 cm³/mol. The third-order valence-electron chi connectivity index (χ3n) is 12.7. The first-order chi connectivity index (χ1) is 37.3. The van der Waals surface area contributed by atoms with E-state index < -0.39 is 23.6 Å². The third-order valence-corrected chi connectivity index (χ3v) is 12.9. The molecule has 0 spiro atoms. The summed E-state index contributed by atoms with van der Waals surface area (Å²) >= 11 is 5.72. The number of benzene rings is 3. The number of hydrogen-bond acceptors (Lipinski definition) is 18. The van der Waals surface area contributed by atoms with Crippen LogP contribution < -0.4 is 45.5 Å². The molecule has 0 amide bonds. The van der Waals surface area contributed by atoms with Crippen LogP contribution in [0.25, 0.3) is 11.3 Å². The van der Waals surface area contributed by atoms with Gasteiger partial charge >= 0.3 is 41.5 Å². The molecule has 0 bridgehead atoms. The molecule has 431 valence electrons. The smallest absolute Gasteiger partial charge is 1.00 e. The van der Waals surface area contributed by atoms with Crippen LogP contribution in [0.15, 0.2) is 91.5 Å². The fourth-order valence-corrected chi connectivity index (χ4v) is 8.78. The molecule has 20 nitrogen and oxygen atoms in total. The van der Waals surface area contributed by atoms with Gasteiger partial charge in [0.05, 0.1) is 31.2 Å². The maximum absolute atomic E-state index is 13.8. The Kier molecular flexibility index (Phi) is 28.5. The number of halogens is 4. The Hall–Kier alpha value is -6.35. The number of ether oxygens (including phenoxy) is 2. The number of anilines is 1. The molecule has 3 fully saturated rings. The van der Waals surface area contributed by atoms with Crippen molar-refractivity contribution in [1.29, 1.82) is 0 Å². The Morgan fingerprint density at radius 3 is 1.74 bits per heavy atom. The number of nitrogens with one attached hydrogen (secondary N) is 1. The van der Waals surface area contributed by atoms with Gasteiger partial charge in [-0.05, 0) is 141 Å². The number of fused-ring (bicyclic) bond motifs is 2. The molecule has 3 radical (unpaired) electrons. The number of aromatic nitrogens is 6. The van der Waals surface area contributed by atoms with E-state index >= 15 is 0 Å². The molecule has 7 aromatic rings. The molecule has 3 unspecified atom stereocenters. The first kappa shape index (κ1) is 68.9. The number of carbonyl (C=O) groups excluding carboxylic acids is 3. The van der Waals surface area contributed by atoms with Gasteiger partial charge < -0.3 is 56.9 Å². The summed E-state index contributed by atoms with van der Waals surface area (Å²) in [4.78, 5) is 51.2. The topological polar surface area (TPSA) is 242 Å². The minimum absolute atomic E-state index is 0. The normalized spacial score (nSPS) is 16.5. The van der Waals surface area contributed by atoms with Crippen LogP contribution in [0, 0.1) is 17.5 Å². The van der Waals surface area contributed by atoms with Gasteiger partial charge in [-0.2, -0.15) is 10.2 Å². The summed E-state index contributed by atoms with van der Waals surface area (Å²) in [5.74, 6) is -1.55. The summed E-state index contributed by atoms with van der Waals surface area (Å²) in [5, 5.41) is 40.4. The number of aromatic hydroxyl groups is 3. The molecule has 3 atom stereocenters. The van der Waals surface area contributed by atoms with Gasteiger partial charge in [0.15, 0.2) is 17.6 Å². The molecule has 0 aliphatic carbocycles. The first-order valence-corrected chi connectivity index (χ1v) is 25.6. The summed E-state index contributed by atoms with van der Waals surface area (Å²) < 4.78 is 52.0. The summed E-state index contributed by atoms with van der Waals surface area (Å²) in [6.07, 6.45) is 9.81. The van der Waals surface area contributed by atoms with Crippen LogP contribution in [0.5, 0.6) is 17.2 Å². The molecule has 3 aliphatic heterocycles. The van der Waals surface area contributed by atoms with Gasteiger partial charge in [-0.15, -0.1) is 0 Å². The molecule has 81 heavy (non-hydrogen) atoms. The molecule has 0 saturated carbocycles. The van der Waals surface area contributed by atoms with E-state index in [0.29, 0.717) is 70.5 Å². The summed E-state index contributed by atoms with van der Waals surface area (Å²) in [5.41, 5.74) is 8.06. The van der Waals surface area contributed by atoms with Crippen molar-refractivity contribution < 1.29 is 83.3 Å². The van der Waals surface area contributed by atoms with Crippen molar-refractivity contribution in [2.45, 2.75) is 71.8 Å². The van der Waals surface area contributed by atoms with Gasteiger partial charge in [0.25, 0.3) is 0 Å². The minimum atomic E-state index is -0.528. The number of likely N-dealkylation sites (N-methyl/N-ethyl adjacent to an activating group) is 3. The zero-order valence-electron chi connectivity index (χ0n) is 46.7. The Morgan fingerprint density at radius 2 is 1.25 bits per heavy atom. The summed E-state index contributed by atoms with van der Waals surface area (Å²) in [6.45, 7) is 11.0. The summed E-state index contributed by atoms with van der Waals surface area (Å²) in [6, 6.07) is 15.6. The molecule has 6 N–H and O–H groups in total. The average Bonchev–Trinajstić information content (AvgIpc) is 4.33. The van der Waals surface area contributed by atoms with Crippen molar-refractivity contribution in [3.8, 4) is 17.2 Å². The number of likely N-dealkylation sites (tertiary alicyclic amines) is 3. The van der Waals surface area contributed by atoms with E-state index in [-0.39, 0.29) is 100 Å². The van der Waals surface area contributed by atoms with Crippen molar-refractivity contribution in [3.63, 3.8) is 0 Å². The molecule has 10 rings (SSSR count). The monoisotopic (exact) mass is 1150 g/mol. The minimum Gasteiger partial charge on any atom is -1.00 e. The van der Waals surface area contributed by atoms with Crippen molar-refractivity contribution in [2.75, 3.05) is 78.5 Å². The number of nitrogens with zero attached hydrogens (tertiary/aromatic N) is 10. The van der Waals surface area contributed by atoms with E-state index in [1.165, 1.54) is 70.8 Å². The van der Waals surface area contributed by atoms with Crippen LogP contribution in [0.3, 0.4) is 0 Å². The number of esters is 2. The van der Waals surface area contributed by atoms with Crippen LogP contribution in [-0.2, 0) is 22.6 Å². The van der Waals surface area contributed by atoms with Gasteiger partial charge in [-0.25, -0.2) is 41.8 Å². The fraction of sp³-hybridized carbons (Fsp3) is 0.400. The maximum Gasteiger partial charge on any atom is 1.00 e. The van der Waals surface area contributed by atoms with Crippen molar-refractivity contribution in [1.82, 2.24) is 49.2 Å². The molecule has 7 heterocycles. The third kappa shape index (κ3) is 20.3. The molecular formula is C55H71BClF3N12NaO8. The molecule has 3 aliphatic rings. The molecule has 3 aromatic carbocycles. The molecular weight excluding hydrogens is 1080 g/mol. The second kappa shape index (κ2) is 33.5. The van der Waals surface area contributed by atoms with Crippen LogP contribution in [0.4, 0.5) is 19.0 Å². The number of nitrogens with two attached hydrogens (primary N) is 1. The van der Waals surface area contributed by atoms with Crippen molar-refractivity contribution >= 4 is 55.4 Å². The average molecular weight is 1150 g/mol. The van der Waals surface area contributed by atoms with Crippen LogP contribution in [0.2, 0.25) is 5.15 Å². The standard InChI is InChI=1S/C21H24FN5O3.C12H17FN2O.C9H8ClN3O2.C7H5FO2.C5H12N2.CH4.B.Na.H/c1-3-30-21(29)17-11-23-27-9-7-19(24-20(17)27)26(16-6-8-25(2)13-16)12-14-10-15(22)4-5-18(14)28;1-15-5-4-11(8-15)14-7-9-6-10(13)2-3-12(9)16;1-2-15-9(14)6-5-11-13-4-3-7(10)12-8(6)13;8-6-1-2-7(10)5(3-6)4-9;1-7-3-2-5(6)4-7;;;;/h4-5,7,9-11,16,28H,3,6,8,12-13H2,1-2H3;2-3,6,11,14,16H,4-5,7-8H2,1H3;3-5H,2H2,1H3;1-4,10H;5H,2-4,6H2,1H3;1H4;;;/q;;;;;;;+1;-1.